The van der Waals surface area contributed by atoms with E-state index in [1.807, 2.05) is 68.5 Å². The van der Waals surface area contributed by atoms with Crippen LogP contribution < -0.4 is 15.1 Å². The van der Waals surface area contributed by atoms with E-state index in [4.69, 9.17) is 4.74 Å². The summed E-state index contributed by atoms with van der Waals surface area (Å²) < 4.78 is 6.61. The van der Waals surface area contributed by atoms with Gasteiger partial charge in [-0.1, -0.05) is 37.3 Å². The first kappa shape index (κ1) is 25.1. The van der Waals surface area contributed by atoms with Crippen LogP contribution in [0.25, 0.3) is 0 Å². The van der Waals surface area contributed by atoms with E-state index >= 15 is 0 Å². The van der Waals surface area contributed by atoms with Gasteiger partial charge in [-0.15, -0.1) is 0 Å². The van der Waals surface area contributed by atoms with Crippen LogP contribution in [0, 0.1) is 5.92 Å². The van der Waals surface area contributed by atoms with Crippen LogP contribution in [-0.4, -0.2) is 62.4 Å². The van der Waals surface area contributed by atoms with Crippen molar-refractivity contribution in [1.82, 2.24) is 5.32 Å². The third kappa shape index (κ3) is 3.99. The second kappa shape index (κ2) is 9.39. The number of anilines is 2. The van der Waals surface area contributed by atoms with E-state index in [1.54, 1.807) is 9.80 Å². The zero-order valence-corrected chi connectivity index (χ0v) is 22.1. The molecule has 0 saturated carbocycles. The maximum atomic E-state index is 14.3. The molecule has 4 atom stereocenters. The number of rotatable bonds is 6. The van der Waals surface area contributed by atoms with Gasteiger partial charge in [0.05, 0.1) is 24.9 Å². The number of amides is 2. The molecule has 5 rings (SSSR count). The Morgan fingerprint density at radius 2 is 1.94 bits per heavy atom. The molecule has 2 saturated heterocycles. The Morgan fingerprint density at radius 3 is 2.67 bits per heavy atom. The predicted octanol–water partition coefficient (Wildman–Crippen LogP) is 2.35. The van der Waals surface area contributed by atoms with Crippen LogP contribution >= 0.6 is 0 Å². The molecular formula is C27H35N3O5Si. The Morgan fingerprint density at radius 1 is 1.17 bits per heavy atom. The highest BCUT2D eigenvalue weighted by molar-refractivity contribution is 6.71. The quantitative estimate of drug-likeness (QED) is 0.517. The normalized spacial score (nSPS) is 28.3. The molecule has 3 aliphatic heterocycles. The summed E-state index contributed by atoms with van der Waals surface area (Å²) in [6.07, 6.45) is -0.0140. The molecule has 8 nitrogen and oxygen atoms in total. The van der Waals surface area contributed by atoms with Crippen molar-refractivity contribution in [3.8, 4) is 0 Å². The highest BCUT2D eigenvalue weighted by Crippen LogP contribution is 2.59. The molecule has 3 N–H and O–H groups in total. The van der Waals surface area contributed by atoms with Crippen molar-refractivity contribution in [3.05, 3.63) is 59.7 Å². The monoisotopic (exact) mass is 509 g/mol. The maximum Gasteiger partial charge on any atom is 0.264 e. The minimum atomic E-state index is -2.71. The highest BCUT2D eigenvalue weighted by Gasteiger charge is 2.65. The maximum absolute atomic E-state index is 14.3. The van der Waals surface area contributed by atoms with E-state index < -0.39 is 20.0 Å². The summed E-state index contributed by atoms with van der Waals surface area (Å²) in [5.74, 6) is -0.349. The average molecular weight is 510 g/mol. The molecule has 0 unspecified atom stereocenters. The van der Waals surface area contributed by atoms with E-state index in [1.165, 1.54) is 0 Å². The second-order valence-electron chi connectivity index (χ2n) is 10.7. The molecule has 0 radical (unpaired) electrons. The topological polar surface area (TPSA) is 102 Å². The summed E-state index contributed by atoms with van der Waals surface area (Å²) in [4.78, 5) is 41.4. The molecule has 3 heterocycles. The lowest BCUT2D eigenvalue weighted by Gasteiger charge is -2.32. The van der Waals surface area contributed by atoms with Crippen LogP contribution in [0.5, 0.6) is 0 Å². The van der Waals surface area contributed by atoms with Crippen LogP contribution in [0.15, 0.2) is 48.5 Å². The van der Waals surface area contributed by atoms with E-state index in [9.17, 15) is 19.5 Å². The Labute approximate surface area is 213 Å². The number of hydrogen-bond acceptors (Lipinski definition) is 6. The predicted molar refractivity (Wildman–Crippen MR) is 140 cm³/mol. The fraction of sp³-hybridized carbons (Fsp3) is 0.481. The number of para-hydroxylation sites is 1. The van der Waals surface area contributed by atoms with Crippen LogP contribution in [0.2, 0.25) is 18.6 Å². The van der Waals surface area contributed by atoms with Gasteiger partial charge in [-0.25, -0.2) is 0 Å². The van der Waals surface area contributed by atoms with Gasteiger partial charge in [0.1, 0.15) is 0 Å². The third-order valence-electron chi connectivity index (χ3n) is 7.96. The molecule has 2 fully saturated rings. The Hall–Kier alpha value is -2.56. The first-order valence-electron chi connectivity index (χ1n) is 12.7. The number of fused-ring (bicyclic) bond motifs is 2. The number of nitrogens with zero attached hydrogens (tertiary/aromatic N) is 2. The van der Waals surface area contributed by atoms with Crippen LogP contribution in [0.1, 0.15) is 24.5 Å². The number of hydrogen-bond donors (Lipinski definition) is 3. The van der Waals surface area contributed by atoms with E-state index in [0.29, 0.717) is 26.1 Å². The Balaban J connectivity index is 1.51. The van der Waals surface area contributed by atoms with Gasteiger partial charge in [-0.05, 0) is 43.3 Å². The number of ether oxygens (including phenoxy) is 1. The van der Waals surface area contributed by atoms with Crippen molar-refractivity contribution < 1.29 is 24.2 Å². The number of nitrogens with one attached hydrogen (secondary N) is 1. The van der Waals surface area contributed by atoms with Gasteiger partial charge < -0.3 is 29.8 Å². The molecule has 9 heteroatoms. The summed E-state index contributed by atoms with van der Waals surface area (Å²) in [6.45, 7) is 7.72. The first-order valence-corrected chi connectivity index (χ1v) is 15.7. The zero-order valence-electron chi connectivity index (χ0n) is 21.1. The molecule has 3 aliphatic rings. The van der Waals surface area contributed by atoms with E-state index in [2.05, 4.69) is 5.32 Å². The van der Waals surface area contributed by atoms with Gasteiger partial charge in [-0.2, -0.15) is 0 Å². The fourth-order valence-corrected chi connectivity index (χ4v) is 9.07. The molecule has 2 aromatic carbocycles. The van der Waals surface area contributed by atoms with Gasteiger partial charge >= 0.3 is 0 Å². The minimum Gasteiger partial charge on any atom is -0.432 e. The van der Waals surface area contributed by atoms with Crippen molar-refractivity contribution in [1.29, 1.82) is 0 Å². The van der Waals surface area contributed by atoms with Crippen LogP contribution in [0.3, 0.4) is 0 Å². The molecule has 192 valence electrons. The standard InChI is InChI=1S/C27H35N3O5Si/c1-18-25(36(2,3)34)23(11-14-31)35-27(18)21-9-4-5-10-22(21)30(26(27)33)17-19-7-6-8-20(15-19)29-13-12-28-16-24(29)32/h4-10,15,18,23,25,28,31,34H,11-14,16-17H2,1-3H3/t18-,23+,25-,27+/m0/s1. The summed E-state index contributed by atoms with van der Waals surface area (Å²) in [7, 11) is -2.71. The van der Waals surface area contributed by atoms with Crippen molar-refractivity contribution in [2.24, 2.45) is 5.92 Å². The minimum absolute atomic E-state index is 0.0323. The lowest BCUT2D eigenvalue weighted by molar-refractivity contribution is -0.146. The summed E-state index contributed by atoms with van der Waals surface area (Å²) in [5.41, 5.74) is 1.99. The molecule has 2 aromatic rings. The van der Waals surface area contributed by atoms with E-state index in [0.717, 1.165) is 29.0 Å². The lowest BCUT2D eigenvalue weighted by atomic mass is 9.82. The van der Waals surface area contributed by atoms with Crippen LogP contribution in [-0.2, 0) is 26.5 Å². The van der Waals surface area contributed by atoms with Crippen molar-refractivity contribution in [2.45, 2.75) is 50.2 Å². The Kier molecular flexibility index (Phi) is 6.55. The molecule has 0 aromatic heterocycles. The highest BCUT2D eigenvalue weighted by atomic mass is 28.4. The molecule has 0 bridgehead atoms. The number of carbonyl (C=O) groups excluding carboxylic acids is 2. The van der Waals surface area contributed by atoms with Gasteiger partial charge in [0.2, 0.25) is 5.91 Å². The summed E-state index contributed by atoms with van der Waals surface area (Å²) in [6, 6.07) is 15.5. The van der Waals surface area contributed by atoms with Crippen LogP contribution in [0.4, 0.5) is 11.4 Å². The van der Waals surface area contributed by atoms with Gasteiger partial charge in [0, 0.05) is 42.4 Å². The van der Waals surface area contributed by atoms with Crippen molar-refractivity contribution in [2.75, 3.05) is 36.0 Å². The lowest BCUT2D eigenvalue weighted by Crippen LogP contribution is -2.48. The van der Waals surface area contributed by atoms with E-state index in [-0.39, 0.29) is 29.9 Å². The Bertz CT molecular complexity index is 1170. The van der Waals surface area contributed by atoms with Gasteiger partial charge in [-0.3, -0.25) is 9.59 Å². The average Bonchev–Trinajstić information content (AvgIpc) is 3.27. The van der Waals surface area contributed by atoms with Crippen molar-refractivity contribution >= 4 is 31.5 Å². The second-order valence-corrected chi connectivity index (χ2v) is 14.6. The molecule has 36 heavy (non-hydrogen) atoms. The molecule has 1 spiro atoms. The van der Waals surface area contributed by atoms with Gasteiger partial charge in [0.25, 0.3) is 5.91 Å². The number of aliphatic hydroxyl groups excluding tert-OH is 1. The first-order chi connectivity index (χ1) is 17.2. The number of piperazine rings is 1. The largest absolute Gasteiger partial charge is 0.432 e. The zero-order chi connectivity index (χ0) is 25.7. The fourth-order valence-electron chi connectivity index (χ4n) is 6.47. The third-order valence-corrected chi connectivity index (χ3v) is 10.5. The molecule has 2 amide bonds. The number of benzene rings is 2. The molecular weight excluding hydrogens is 474 g/mol. The van der Waals surface area contributed by atoms with Crippen molar-refractivity contribution in [3.63, 3.8) is 0 Å². The van der Waals surface area contributed by atoms with Gasteiger partial charge in [0.15, 0.2) is 13.9 Å². The number of carbonyl (C=O) groups is 2. The summed E-state index contributed by atoms with van der Waals surface area (Å²) in [5, 5.41) is 12.8. The number of aliphatic hydroxyl groups is 1. The SMILES string of the molecule is C[C@H]1[C@H]([Si](C)(C)O)[C@@H](CCO)O[C@]12C(=O)N(Cc1cccc(N3CCNCC3=O)c1)c1ccccc12. The molecule has 0 aliphatic carbocycles. The smallest absolute Gasteiger partial charge is 0.264 e. The summed E-state index contributed by atoms with van der Waals surface area (Å²) >= 11 is 0.